The first kappa shape index (κ1) is 29.0. The Kier molecular flexibility index (Phi) is 7.73. The van der Waals surface area contributed by atoms with Crippen LogP contribution in [0.4, 0.5) is 17.1 Å². The molecule has 0 spiro atoms. The van der Waals surface area contributed by atoms with E-state index < -0.39 is 6.23 Å². The van der Waals surface area contributed by atoms with Gasteiger partial charge in [-0.15, -0.1) is 0 Å². The molecule has 4 aromatic rings. The minimum atomic E-state index is -0.847. The number of esters is 1. The van der Waals surface area contributed by atoms with E-state index in [0.29, 0.717) is 22.6 Å². The minimum Gasteiger partial charge on any atom is -0.465 e. The zero-order valence-electron chi connectivity index (χ0n) is 25.3. The number of anilines is 3. The smallest absolute Gasteiger partial charge is 0.337 e. The van der Waals surface area contributed by atoms with Gasteiger partial charge in [0.05, 0.1) is 18.4 Å². The molecule has 7 rings (SSSR count). The van der Waals surface area contributed by atoms with E-state index in [4.69, 9.17) is 17.0 Å². The van der Waals surface area contributed by atoms with Gasteiger partial charge in [-0.05, 0) is 102 Å². The molecular weight excluding hydrogens is 579 g/mol. The van der Waals surface area contributed by atoms with Gasteiger partial charge in [-0.1, -0.05) is 67.1 Å². The minimum absolute atomic E-state index is 0.331. The summed E-state index contributed by atoms with van der Waals surface area (Å²) in [5, 5.41) is 11.9. The summed E-state index contributed by atoms with van der Waals surface area (Å²) in [5.41, 5.74) is 9.23. The molecule has 4 aromatic carbocycles. The highest BCUT2D eigenvalue weighted by Gasteiger charge is 2.42. The van der Waals surface area contributed by atoms with Crippen LogP contribution in [0, 0.1) is 0 Å². The monoisotopic (exact) mass is 613 g/mol. The van der Waals surface area contributed by atoms with E-state index in [1.54, 1.807) is 17.0 Å². The maximum absolute atomic E-state index is 11.7. The Morgan fingerprint density at radius 1 is 0.844 bits per heavy atom. The quantitative estimate of drug-likeness (QED) is 0.135. The second kappa shape index (κ2) is 12.0. The van der Waals surface area contributed by atoms with E-state index in [0.717, 1.165) is 28.1 Å². The number of carbonyl (C=O) groups is 1. The Balaban J connectivity index is 1.12. The summed E-state index contributed by atoms with van der Waals surface area (Å²) in [5.74, 6) is 0.154. The Hall–Kier alpha value is -4.72. The molecule has 2 heterocycles. The number of nitrogens with zero attached hydrogens (tertiary/aromatic N) is 3. The molecule has 2 fully saturated rings. The number of fused-ring (bicyclic) bond motifs is 3. The summed E-state index contributed by atoms with van der Waals surface area (Å²) in [4.78, 5) is 17.9. The van der Waals surface area contributed by atoms with Crippen LogP contribution in [0.25, 0.3) is 18.2 Å². The number of benzene rings is 4. The van der Waals surface area contributed by atoms with Gasteiger partial charge < -0.3 is 19.6 Å². The fraction of sp³-hybridized carbons (Fsp3) is 0.211. The van der Waals surface area contributed by atoms with E-state index in [1.807, 2.05) is 54.4 Å². The average molecular weight is 614 g/mol. The number of hydrogen-bond donors (Lipinski definition) is 1. The zero-order chi connectivity index (χ0) is 31.1. The highest BCUT2D eigenvalue weighted by molar-refractivity contribution is 7.80. The third-order valence-corrected chi connectivity index (χ3v) is 9.70. The fourth-order valence-electron chi connectivity index (χ4n) is 6.95. The third kappa shape index (κ3) is 5.32. The summed E-state index contributed by atoms with van der Waals surface area (Å²) >= 11 is 5.72. The van der Waals surface area contributed by atoms with Gasteiger partial charge in [-0.3, -0.25) is 4.90 Å². The van der Waals surface area contributed by atoms with Crippen LogP contribution in [-0.4, -0.2) is 47.5 Å². The zero-order valence-corrected chi connectivity index (χ0v) is 26.2. The molecule has 3 atom stereocenters. The van der Waals surface area contributed by atoms with Crippen LogP contribution in [-0.2, 0) is 4.74 Å². The van der Waals surface area contributed by atoms with Crippen molar-refractivity contribution in [3.05, 3.63) is 131 Å². The topological polar surface area (TPSA) is 56.2 Å². The standard InChI is InChI=1S/C38H35N3O3S/c1-39-35(36(42)41(38(39)45)29-7-4-3-5-8-29)24-27-17-22-34-32(23-27)31-9-6-10-33(31)40(34)30-20-15-26(16-21-30)12-11-25-13-18-28(19-14-25)37(43)44-2/h3-5,7-8,11-24,31,33,36,42H,6,9-10H2,1-2H3/b12-11+,35-24+. The lowest BCUT2D eigenvalue weighted by molar-refractivity contribution is 0.0600. The van der Waals surface area contributed by atoms with Crippen molar-refractivity contribution in [3.63, 3.8) is 0 Å². The third-order valence-electron chi connectivity index (χ3n) is 9.23. The lowest BCUT2D eigenvalue weighted by Crippen LogP contribution is -2.33. The number of aliphatic hydroxyl groups excluding tert-OH is 1. The highest BCUT2D eigenvalue weighted by Crippen LogP contribution is 2.52. The van der Waals surface area contributed by atoms with Gasteiger partial charge in [0.15, 0.2) is 11.3 Å². The van der Waals surface area contributed by atoms with Crippen molar-refractivity contribution in [1.29, 1.82) is 0 Å². The first-order chi connectivity index (χ1) is 21.9. The number of hydrogen-bond acceptors (Lipinski definition) is 5. The molecule has 0 radical (unpaired) electrons. The molecule has 3 unspecified atom stereocenters. The molecule has 1 N–H and O–H groups in total. The van der Waals surface area contributed by atoms with Gasteiger partial charge in [-0.25, -0.2) is 4.79 Å². The molecule has 0 aromatic heterocycles. The fourth-order valence-corrected chi connectivity index (χ4v) is 7.26. The molecule has 7 heteroatoms. The normalized spacial score (nSPS) is 21.6. The molecule has 1 saturated heterocycles. The Morgan fingerprint density at radius 2 is 1.49 bits per heavy atom. The van der Waals surface area contributed by atoms with Crippen molar-refractivity contribution < 1.29 is 14.6 Å². The largest absolute Gasteiger partial charge is 0.465 e. The number of rotatable bonds is 6. The van der Waals surface area contributed by atoms with E-state index in [1.165, 1.54) is 43.3 Å². The molecule has 1 aliphatic carbocycles. The Labute approximate surface area is 269 Å². The van der Waals surface area contributed by atoms with E-state index in [9.17, 15) is 9.90 Å². The van der Waals surface area contributed by atoms with Crippen molar-refractivity contribution in [2.24, 2.45) is 0 Å². The van der Waals surface area contributed by atoms with Crippen LogP contribution in [0.1, 0.15) is 57.8 Å². The van der Waals surface area contributed by atoms with Crippen molar-refractivity contribution in [1.82, 2.24) is 4.90 Å². The van der Waals surface area contributed by atoms with Crippen molar-refractivity contribution in [2.45, 2.75) is 37.5 Å². The number of likely N-dealkylation sites (N-methyl/N-ethyl adjacent to an activating group) is 1. The highest BCUT2D eigenvalue weighted by atomic mass is 32.1. The maximum atomic E-state index is 11.7. The predicted octanol–water partition coefficient (Wildman–Crippen LogP) is 7.83. The molecule has 0 bridgehead atoms. The average Bonchev–Trinajstić information content (AvgIpc) is 3.73. The summed E-state index contributed by atoms with van der Waals surface area (Å²) in [6.07, 6.45) is 8.92. The lowest BCUT2D eigenvalue weighted by Gasteiger charge is -2.27. The maximum Gasteiger partial charge on any atom is 0.337 e. The Morgan fingerprint density at radius 3 is 2.18 bits per heavy atom. The second-order valence-electron chi connectivity index (χ2n) is 11.8. The lowest BCUT2D eigenvalue weighted by atomic mass is 9.95. The summed E-state index contributed by atoms with van der Waals surface area (Å²) < 4.78 is 4.79. The molecule has 1 saturated carbocycles. The molecule has 6 nitrogen and oxygen atoms in total. The molecule has 226 valence electrons. The summed E-state index contributed by atoms with van der Waals surface area (Å²) in [7, 11) is 3.31. The molecule has 45 heavy (non-hydrogen) atoms. The van der Waals surface area contributed by atoms with E-state index in [2.05, 4.69) is 65.6 Å². The van der Waals surface area contributed by atoms with Gasteiger partial charge in [0, 0.05) is 36.1 Å². The SMILES string of the molecule is COC(=O)c1ccc(/C=C/c2ccc(N3c4ccc(/C=C5\C(O)N(c6ccccc6)C(=S)N5C)cc4C4CCCC43)cc2)cc1. The number of aliphatic hydroxyl groups is 1. The first-order valence-corrected chi connectivity index (χ1v) is 15.7. The van der Waals surface area contributed by atoms with Gasteiger partial charge in [0.1, 0.15) is 0 Å². The van der Waals surface area contributed by atoms with Crippen molar-refractivity contribution >= 4 is 58.6 Å². The van der Waals surface area contributed by atoms with Gasteiger partial charge in [0.2, 0.25) is 0 Å². The van der Waals surface area contributed by atoms with Crippen LogP contribution in [0.15, 0.2) is 103 Å². The van der Waals surface area contributed by atoms with Crippen molar-refractivity contribution in [2.75, 3.05) is 24.0 Å². The molecule has 2 aliphatic heterocycles. The first-order valence-electron chi connectivity index (χ1n) is 15.3. The molecule has 0 amide bonds. The van der Waals surface area contributed by atoms with Gasteiger partial charge in [0.25, 0.3) is 0 Å². The summed E-state index contributed by atoms with van der Waals surface area (Å²) in [6.45, 7) is 0. The van der Waals surface area contributed by atoms with Gasteiger partial charge in [-0.2, -0.15) is 0 Å². The van der Waals surface area contributed by atoms with Crippen LogP contribution in [0.5, 0.6) is 0 Å². The van der Waals surface area contributed by atoms with Crippen LogP contribution >= 0.6 is 12.2 Å². The van der Waals surface area contributed by atoms with E-state index >= 15 is 0 Å². The molecule has 3 aliphatic rings. The number of carbonyl (C=O) groups excluding carboxylic acids is 1. The number of ether oxygens (including phenoxy) is 1. The number of methoxy groups -OCH3 is 1. The van der Waals surface area contributed by atoms with Crippen LogP contribution in [0.3, 0.4) is 0 Å². The predicted molar refractivity (Wildman–Crippen MR) is 185 cm³/mol. The summed E-state index contributed by atoms with van der Waals surface area (Å²) in [6, 6.07) is 33.1. The van der Waals surface area contributed by atoms with Crippen LogP contribution < -0.4 is 9.80 Å². The van der Waals surface area contributed by atoms with Crippen LogP contribution in [0.2, 0.25) is 0 Å². The number of thiocarbonyl (C=S) groups is 1. The Bertz CT molecular complexity index is 1800. The van der Waals surface area contributed by atoms with Gasteiger partial charge >= 0.3 is 5.97 Å². The number of para-hydroxylation sites is 1. The van der Waals surface area contributed by atoms with E-state index in [-0.39, 0.29) is 5.97 Å². The van der Waals surface area contributed by atoms with Crippen molar-refractivity contribution in [3.8, 4) is 0 Å². The molecular formula is C38H35N3O3S. The second-order valence-corrected chi connectivity index (χ2v) is 12.2.